The molecule has 2 atom stereocenters. The highest BCUT2D eigenvalue weighted by Gasteiger charge is 2.56. The standard InChI is InChI=1S/C37H41F6N3O6S/c1-3-8-29-35(52-24-21-30(53-23-24)37(41,42)43,13-7-17-46(29)32(49)25-22-44-16-12-26(25)36(38,39)40)33(50)45-18-14-34(2,15-19-45)27-9-4-5-10-28(27)51-20-6-11-31(47)48/h4-5,9-10,12,16,21-23,29H,3,6-8,11,13-15,17-20H2,1-2H3,(H,47,48)/t29-,35+/m1/s1. The van der Waals surface area contributed by atoms with Crippen molar-refractivity contribution in [2.24, 2.45) is 0 Å². The molecule has 0 radical (unpaired) electrons. The van der Waals surface area contributed by atoms with Gasteiger partial charge in [0.2, 0.25) is 5.60 Å². The predicted octanol–water partition coefficient (Wildman–Crippen LogP) is 8.23. The molecule has 0 spiro atoms. The maximum atomic E-state index is 14.9. The van der Waals surface area contributed by atoms with Gasteiger partial charge < -0.3 is 24.4 Å². The van der Waals surface area contributed by atoms with Crippen LogP contribution < -0.4 is 9.47 Å². The summed E-state index contributed by atoms with van der Waals surface area (Å²) in [4.78, 5) is 45.5. The fourth-order valence-corrected chi connectivity index (χ4v) is 8.02. The number of rotatable bonds is 12. The van der Waals surface area contributed by atoms with Crippen molar-refractivity contribution in [3.05, 3.63) is 75.7 Å². The molecule has 1 aromatic carbocycles. The Kier molecular flexibility index (Phi) is 12.0. The van der Waals surface area contributed by atoms with Gasteiger partial charge in [-0.1, -0.05) is 38.5 Å². The summed E-state index contributed by atoms with van der Waals surface area (Å²) in [6, 6.07) is 7.76. The number of benzene rings is 1. The number of nitrogens with zero attached hydrogens (tertiary/aromatic N) is 3. The molecule has 2 fully saturated rings. The molecule has 2 saturated heterocycles. The number of carboxylic acids is 1. The lowest BCUT2D eigenvalue weighted by molar-refractivity contribution is -0.161. The molecule has 2 aliphatic rings. The van der Waals surface area contributed by atoms with Crippen LogP contribution in [0.2, 0.25) is 0 Å². The van der Waals surface area contributed by atoms with Crippen LogP contribution in [0.25, 0.3) is 0 Å². The normalized spacial score (nSPS) is 20.6. The van der Waals surface area contributed by atoms with E-state index in [-0.39, 0.29) is 57.7 Å². The van der Waals surface area contributed by atoms with Crippen molar-refractivity contribution in [1.82, 2.24) is 14.8 Å². The van der Waals surface area contributed by atoms with Gasteiger partial charge in [0.05, 0.1) is 23.8 Å². The summed E-state index contributed by atoms with van der Waals surface area (Å²) in [5.41, 5.74) is -3.40. The first-order chi connectivity index (χ1) is 25.0. The van der Waals surface area contributed by atoms with E-state index < -0.39 is 63.2 Å². The molecule has 2 aromatic heterocycles. The van der Waals surface area contributed by atoms with Gasteiger partial charge in [0.15, 0.2) is 0 Å². The number of pyridine rings is 1. The topological polar surface area (TPSA) is 109 Å². The van der Waals surface area contributed by atoms with Gasteiger partial charge in [0.25, 0.3) is 11.8 Å². The quantitative estimate of drug-likeness (QED) is 0.146. The Bertz CT molecular complexity index is 1770. The predicted molar refractivity (Wildman–Crippen MR) is 183 cm³/mol. The monoisotopic (exact) mass is 769 g/mol. The summed E-state index contributed by atoms with van der Waals surface area (Å²) in [5.74, 6) is -2.12. The second-order valence-corrected chi connectivity index (χ2v) is 14.6. The molecule has 4 heterocycles. The summed E-state index contributed by atoms with van der Waals surface area (Å²) in [6.45, 7) is 4.40. The smallest absolute Gasteiger partial charge is 0.425 e. The number of likely N-dealkylation sites (tertiary alicyclic amines) is 2. The zero-order valence-electron chi connectivity index (χ0n) is 29.3. The van der Waals surface area contributed by atoms with Crippen molar-refractivity contribution in [3.8, 4) is 11.5 Å². The summed E-state index contributed by atoms with van der Waals surface area (Å²) in [6.07, 6.45) is -5.97. The second kappa shape index (κ2) is 15.9. The van der Waals surface area contributed by atoms with Crippen molar-refractivity contribution in [3.63, 3.8) is 0 Å². The molecule has 16 heteroatoms. The number of alkyl halides is 6. The van der Waals surface area contributed by atoms with Crippen LogP contribution >= 0.6 is 11.3 Å². The number of amides is 2. The second-order valence-electron chi connectivity index (χ2n) is 13.7. The summed E-state index contributed by atoms with van der Waals surface area (Å²) >= 11 is 0.392. The number of aliphatic carboxylic acids is 1. The molecule has 288 valence electrons. The number of hydrogen-bond donors (Lipinski definition) is 1. The number of ether oxygens (including phenoxy) is 2. The van der Waals surface area contributed by atoms with E-state index in [1.165, 1.54) is 4.90 Å². The first-order valence-electron chi connectivity index (χ1n) is 17.4. The lowest BCUT2D eigenvalue weighted by Gasteiger charge is -2.51. The molecule has 2 aliphatic heterocycles. The van der Waals surface area contributed by atoms with E-state index in [0.717, 1.165) is 29.4 Å². The molecule has 3 aromatic rings. The van der Waals surface area contributed by atoms with Crippen LogP contribution in [0.5, 0.6) is 11.5 Å². The van der Waals surface area contributed by atoms with E-state index in [1.54, 1.807) is 24.0 Å². The molecule has 2 amide bonds. The van der Waals surface area contributed by atoms with Gasteiger partial charge in [0, 0.05) is 61.9 Å². The minimum absolute atomic E-state index is 0.00710. The molecule has 5 rings (SSSR count). The van der Waals surface area contributed by atoms with Gasteiger partial charge in [-0.2, -0.15) is 26.3 Å². The van der Waals surface area contributed by atoms with E-state index in [2.05, 4.69) is 4.98 Å². The molecule has 0 saturated carbocycles. The minimum Gasteiger partial charge on any atom is -0.493 e. The fourth-order valence-electron chi connectivity index (χ4n) is 7.34. The first-order valence-corrected chi connectivity index (χ1v) is 18.3. The number of carbonyl (C=O) groups is 3. The third-order valence-electron chi connectivity index (χ3n) is 10.0. The number of thiophene rings is 1. The van der Waals surface area contributed by atoms with E-state index in [1.807, 2.05) is 19.1 Å². The summed E-state index contributed by atoms with van der Waals surface area (Å²) in [7, 11) is 0. The van der Waals surface area contributed by atoms with Crippen LogP contribution in [0.4, 0.5) is 26.3 Å². The average Bonchev–Trinajstić information content (AvgIpc) is 3.60. The third-order valence-corrected chi connectivity index (χ3v) is 11.0. The maximum Gasteiger partial charge on any atom is 0.425 e. The zero-order valence-corrected chi connectivity index (χ0v) is 30.1. The highest BCUT2D eigenvalue weighted by Crippen LogP contribution is 2.45. The molecular formula is C37H41F6N3O6S. The number of aromatic nitrogens is 1. The average molecular weight is 770 g/mol. The number of carboxylic acid groups (broad SMARTS) is 1. The van der Waals surface area contributed by atoms with E-state index in [9.17, 15) is 40.7 Å². The Balaban J connectivity index is 1.48. The molecular weight excluding hydrogens is 728 g/mol. The molecule has 1 N–H and O–H groups in total. The number of para-hydroxylation sites is 1. The lowest BCUT2D eigenvalue weighted by Crippen LogP contribution is -2.68. The van der Waals surface area contributed by atoms with Crippen molar-refractivity contribution in [2.45, 2.75) is 94.6 Å². The van der Waals surface area contributed by atoms with Crippen LogP contribution in [-0.2, 0) is 27.4 Å². The van der Waals surface area contributed by atoms with Crippen LogP contribution in [0.1, 0.15) is 91.6 Å². The molecule has 0 unspecified atom stereocenters. The summed E-state index contributed by atoms with van der Waals surface area (Å²) in [5, 5.41) is 10.1. The van der Waals surface area contributed by atoms with Crippen LogP contribution in [0.15, 0.2) is 54.2 Å². The zero-order chi connectivity index (χ0) is 38.6. The Morgan fingerprint density at radius 1 is 1.02 bits per heavy atom. The number of halogens is 6. The van der Waals surface area contributed by atoms with Crippen molar-refractivity contribution < 1.29 is 55.3 Å². The van der Waals surface area contributed by atoms with Gasteiger partial charge in [0.1, 0.15) is 16.4 Å². The molecule has 0 bridgehead atoms. The van der Waals surface area contributed by atoms with Crippen molar-refractivity contribution >= 4 is 29.1 Å². The Labute approximate surface area is 306 Å². The highest BCUT2D eigenvalue weighted by atomic mass is 32.1. The lowest BCUT2D eigenvalue weighted by atomic mass is 9.73. The Morgan fingerprint density at radius 2 is 1.74 bits per heavy atom. The minimum atomic E-state index is -4.87. The SMILES string of the molecule is CCC[C@H]1N(C(=O)c2cnccc2C(F)(F)F)CCC[C@@]1(Oc1csc(C(F)(F)F)c1)C(=O)N1CCC(C)(c2ccccc2OCCCC(=O)O)CC1. The van der Waals surface area contributed by atoms with Crippen LogP contribution in [0, 0.1) is 0 Å². The molecule has 0 aliphatic carbocycles. The van der Waals surface area contributed by atoms with E-state index >= 15 is 0 Å². The number of carbonyl (C=O) groups excluding carboxylic acids is 2. The summed E-state index contributed by atoms with van der Waals surface area (Å²) < 4.78 is 95.5. The molecule has 9 nitrogen and oxygen atoms in total. The largest absolute Gasteiger partial charge is 0.493 e. The molecule has 53 heavy (non-hydrogen) atoms. The van der Waals surface area contributed by atoms with E-state index in [0.29, 0.717) is 48.8 Å². The maximum absolute atomic E-state index is 14.9. The van der Waals surface area contributed by atoms with Gasteiger partial charge in [-0.15, -0.1) is 11.3 Å². The third kappa shape index (κ3) is 8.73. The number of piperidine rings is 2. The van der Waals surface area contributed by atoms with E-state index in [4.69, 9.17) is 14.6 Å². The van der Waals surface area contributed by atoms with Gasteiger partial charge in [-0.05, 0) is 49.7 Å². The highest BCUT2D eigenvalue weighted by molar-refractivity contribution is 7.10. The van der Waals surface area contributed by atoms with Gasteiger partial charge in [-0.25, -0.2) is 0 Å². The van der Waals surface area contributed by atoms with Crippen molar-refractivity contribution in [1.29, 1.82) is 0 Å². The Morgan fingerprint density at radius 3 is 2.38 bits per heavy atom. The number of hydrogen-bond acceptors (Lipinski definition) is 7. The fraction of sp³-hybridized carbons (Fsp3) is 0.514. The van der Waals surface area contributed by atoms with Crippen LogP contribution in [-0.4, -0.2) is 75.6 Å². The van der Waals surface area contributed by atoms with Gasteiger partial charge >= 0.3 is 18.3 Å². The Hall–Kier alpha value is -4.34. The first kappa shape index (κ1) is 39.9. The van der Waals surface area contributed by atoms with Crippen LogP contribution in [0.3, 0.4) is 0 Å². The van der Waals surface area contributed by atoms with Crippen molar-refractivity contribution in [2.75, 3.05) is 26.2 Å². The van der Waals surface area contributed by atoms with Gasteiger partial charge in [-0.3, -0.25) is 19.4 Å².